The molecule has 0 fully saturated rings. The molecule has 0 aliphatic rings. The van der Waals surface area contributed by atoms with E-state index in [1.807, 2.05) is 12.1 Å². The van der Waals surface area contributed by atoms with Crippen LogP contribution in [0, 0.1) is 5.82 Å². The van der Waals surface area contributed by atoms with E-state index in [4.69, 9.17) is 0 Å². The van der Waals surface area contributed by atoms with Crippen LogP contribution in [0.5, 0.6) is 0 Å². The Morgan fingerprint density at radius 2 is 1.86 bits per heavy atom. The highest BCUT2D eigenvalue weighted by atomic mass is 79.9. The first-order chi connectivity index (χ1) is 10.2. The average molecular weight is 350 g/mol. The van der Waals surface area contributed by atoms with Crippen molar-refractivity contribution in [3.63, 3.8) is 0 Å². The number of aryl methyl sites for hydroxylation is 1. The van der Waals surface area contributed by atoms with Crippen molar-refractivity contribution < 1.29 is 4.39 Å². The van der Waals surface area contributed by atoms with Gasteiger partial charge in [0.25, 0.3) is 0 Å². The second-order valence-corrected chi connectivity index (χ2v) is 5.92. The van der Waals surface area contributed by atoms with Gasteiger partial charge in [-0.15, -0.1) is 0 Å². The highest BCUT2D eigenvalue weighted by molar-refractivity contribution is 9.10. The monoisotopic (exact) mass is 349 g/mol. The van der Waals surface area contributed by atoms with Gasteiger partial charge in [0.2, 0.25) is 0 Å². The Balaban J connectivity index is 1.95. The first-order valence-electron chi connectivity index (χ1n) is 7.43. The Bertz CT molecular complexity index is 556. The molecule has 0 bridgehead atoms. The molecule has 0 heterocycles. The molecule has 0 aliphatic heterocycles. The number of hydrogen-bond acceptors (Lipinski definition) is 1. The van der Waals surface area contributed by atoms with E-state index >= 15 is 0 Å². The van der Waals surface area contributed by atoms with Crippen molar-refractivity contribution >= 4 is 15.9 Å². The Labute approximate surface area is 134 Å². The minimum atomic E-state index is -0.182. The van der Waals surface area contributed by atoms with Gasteiger partial charge >= 0.3 is 0 Å². The summed E-state index contributed by atoms with van der Waals surface area (Å²) in [7, 11) is 0. The predicted octanol–water partition coefficient (Wildman–Crippen LogP) is 5.26. The molecule has 0 radical (unpaired) electrons. The zero-order valence-electron chi connectivity index (χ0n) is 12.3. The normalized spacial score (nSPS) is 12.3. The van der Waals surface area contributed by atoms with E-state index in [1.165, 1.54) is 11.6 Å². The van der Waals surface area contributed by atoms with E-state index in [9.17, 15) is 4.39 Å². The summed E-state index contributed by atoms with van der Waals surface area (Å²) in [6, 6.07) is 16.1. The van der Waals surface area contributed by atoms with Crippen molar-refractivity contribution in [1.82, 2.24) is 5.32 Å². The third-order valence-corrected chi connectivity index (χ3v) is 4.51. The zero-order valence-corrected chi connectivity index (χ0v) is 13.9. The van der Waals surface area contributed by atoms with E-state index in [0.29, 0.717) is 10.5 Å². The molecule has 1 nitrogen and oxygen atoms in total. The fourth-order valence-electron chi connectivity index (χ4n) is 2.56. The van der Waals surface area contributed by atoms with Crippen LogP contribution in [0.2, 0.25) is 0 Å². The van der Waals surface area contributed by atoms with Gasteiger partial charge in [-0.2, -0.15) is 0 Å². The van der Waals surface area contributed by atoms with Gasteiger partial charge < -0.3 is 5.32 Å². The van der Waals surface area contributed by atoms with Gasteiger partial charge in [-0.05, 0) is 58.9 Å². The Hall–Kier alpha value is -1.19. The molecule has 2 aromatic rings. The Kier molecular flexibility index (Phi) is 6.40. The van der Waals surface area contributed by atoms with Crippen LogP contribution in [0.25, 0.3) is 0 Å². The quantitative estimate of drug-likeness (QED) is 0.718. The summed E-state index contributed by atoms with van der Waals surface area (Å²) < 4.78 is 14.1. The van der Waals surface area contributed by atoms with Crippen molar-refractivity contribution in [3.8, 4) is 0 Å². The van der Waals surface area contributed by atoms with Crippen molar-refractivity contribution in [1.29, 1.82) is 0 Å². The molecule has 2 rings (SSSR count). The minimum Gasteiger partial charge on any atom is -0.310 e. The van der Waals surface area contributed by atoms with Crippen LogP contribution in [0.3, 0.4) is 0 Å². The largest absolute Gasteiger partial charge is 0.310 e. The van der Waals surface area contributed by atoms with E-state index in [0.717, 1.165) is 31.4 Å². The van der Waals surface area contributed by atoms with E-state index < -0.39 is 0 Å². The highest BCUT2D eigenvalue weighted by Crippen LogP contribution is 2.24. The molecule has 0 aromatic heterocycles. The maximum Gasteiger partial charge on any atom is 0.137 e. The van der Waals surface area contributed by atoms with Crippen LogP contribution >= 0.6 is 15.9 Å². The molecule has 0 amide bonds. The van der Waals surface area contributed by atoms with Crippen LogP contribution in [0.4, 0.5) is 4.39 Å². The number of rotatable bonds is 7. The summed E-state index contributed by atoms with van der Waals surface area (Å²) in [6.07, 6.45) is 2.95. The fourth-order valence-corrected chi connectivity index (χ4v) is 3.02. The third kappa shape index (κ3) is 4.65. The lowest BCUT2D eigenvalue weighted by Gasteiger charge is -2.18. The first-order valence-corrected chi connectivity index (χ1v) is 8.23. The van der Waals surface area contributed by atoms with E-state index in [2.05, 4.69) is 52.4 Å². The molecule has 21 heavy (non-hydrogen) atoms. The van der Waals surface area contributed by atoms with Crippen LogP contribution < -0.4 is 5.32 Å². The summed E-state index contributed by atoms with van der Waals surface area (Å²) in [6.45, 7) is 3.07. The minimum absolute atomic E-state index is 0.182. The Morgan fingerprint density at radius 1 is 1.10 bits per heavy atom. The number of halogens is 2. The SMILES string of the molecule is CCNC(CCCc1cccc(F)c1Br)c1ccccc1. The summed E-state index contributed by atoms with van der Waals surface area (Å²) in [4.78, 5) is 0. The molecule has 3 heteroatoms. The third-order valence-electron chi connectivity index (χ3n) is 3.62. The lowest BCUT2D eigenvalue weighted by Crippen LogP contribution is -2.21. The summed E-state index contributed by atoms with van der Waals surface area (Å²) in [5, 5.41) is 3.53. The van der Waals surface area contributed by atoms with Crippen molar-refractivity contribution in [3.05, 3.63) is 69.9 Å². The lowest BCUT2D eigenvalue weighted by molar-refractivity contribution is 0.497. The van der Waals surface area contributed by atoms with Crippen molar-refractivity contribution in [2.45, 2.75) is 32.2 Å². The van der Waals surface area contributed by atoms with Crippen LogP contribution in [-0.2, 0) is 6.42 Å². The molecular weight excluding hydrogens is 329 g/mol. The average Bonchev–Trinajstić information content (AvgIpc) is 2.51. The van der Waals surface area contributed by atoms with E-state index in [-0.39, 0.29) is 5.82 Å². The molecular formula is C18H21BrFN. The van der Waals surface area contributed by atoms with Gasteiger partial charge in [-0.3, -0.25) is 0 Å². The number of hydrogen-bond donors (Lipinski definition) is 1. The number of benzene rings is 2. The van der Waals surface area contributed by atoms with Gasteiger partial charge in [0.1, 0.15) is 5.82 Å². The molecule has 0 saturated heterocycles. The van der Waals surface area contributed by atoms with Crippen molar-refractivity contribution in [2.75, 3.05) is 6.54 Å². The molecule has 0 aliphatic carbocycles. The highest BCUT2D eigenvalue weighted by Gasteiger charge is 2.10. The van der Waals surface area contributed by atoms with Gasteiger partial charge in [0.05, 0.1) is 4.47 Å². The second kappa shape index (κ2) is 8.30. The molecule has 1 N–H and O–H groups in total. The lowest BCUT2D eigenvalue weighted by atomic mass is 9.99. The first kappa shape index (κ1) is 16.2. The topological polar surface area (TPSA) is 12.0 Å². The number of nitrogens with one attached hydrogen (secondary N) is 1. The van der Waals surface area contributed by atoms with Crippen LogP contribution in [0.1, 0.15) is 36.9 Å². The molecule has 2 aromatic carbocycles. The van der Waals surface area contributed by atoms with E-state index in [1.54, 1.807) is 6.07 Å². The molecule has 112 valence electrons. The second-order valence-electron chi connectivity index (χ2n) is 5.13. The molecule has 1 unspecified atom stereocenters. The molecule has 0 saturated carbocycles. The Morgan fingerprint density at radius 3 is 2.57 bits per heavy atom. The fraction of sp³-hybridized carbons (Fsp3) is 0.333. The summed E-state index contributed by atoms with van der Waals surface area (Å²) in [5.74, 6) is -0.182. The maximum absolute atomic E-state index is 13.5. The summed E-state index contributed by atoms with van der Waals surface area (Å²) >= 11 is 3.33. The van der Waals surface area contributed by atoms with Crippen molar-refractivity contribution in [2.24, 2.45) is 0 Å². The zero-order chi connectivity index (χ0) is 15.1. The van der Waals surface area contributed by atoms with Gasteiger partial charge in [0, 0.05) is 6.04 Å². The van der Waals surface area contributed by atoms with Gasteiger partial charge in [-0.1, -0.05) is 49.4 Å². The summed E-state index contributed by atoms with van der Waals surface area (Å²) in [5.41, 5.74) is 2.36. The standard InChI is InChI=1S/C18H21BrFN/c1-2-21-17(14-8-4-3-5-9-14)13-7-11-15-10-6-12-16(20)18(15)19/h3-6,8-10,12,17,21H,2,7,11,13H2,1H3. The van der Waals surface area contributed by atoms with Crippen LogP contribution in [0.15, 0.2) is 53.0 Å². The van der Waals surface area contributed by atoms with Gasteiger partial charge in [-0.25, -0.2) is 4.39 Å². The maximum atomic E-state index is 13.5. The smallest absolute Gasteiger partial charge is 0.137 e. The predicted molar refractivity (Wildman–Crippen MR) is 89.9 cm³/mol. The molecule has 0 spiro atoms. The van der Waals surface area contributed by atoms with Gasteiger partial charge in [0.15, 0.2) is 0 Å². The molecule has 1 atom stereocenters. The van der Waals surface area contributed by atoms with Crippen LogP contribution in [-0.4, -0.2) is 6.54 Å².